The standard InChI is InChI=1S/C15H19N3O/c1-2-19-14-9-13(10-14)17-12-5-3-4-11(8-12)15-6-7-16-18-15/h3-8,13-14,17H,2,9-10H2,1H3,(H,16,18). The van der Waals surface area contributed by atoms with E-state index in [9.17, 15) is 0 Å². The van der Waals surface area contributed by atoms with E-state index in [-0.39, 0.29) is 0 Å². The van der Waals surface area contributed by atoms with E-state index >= 15 is 0 Å². The molecule has 1 fully saturated rings. The van der Waals surface area contributed by atoms with Gasteiger partial charge in [-0.3, -0.25) is 5.10 Å². The van der Waals surface area contributed by atoms with Crippen molar-refractivity contribution in [3.05, 3.63) is 36.5 Å². The molecule has 19 heavy (non-hydrogen) atoms. The Balaban J connectivity index is 1.62. The molecule has 0 atom stereocenters. The Hall–Kier alpha value is -1.81. The van der Waals surface area contributed by atoms with Crippen LogP contribution in [0.15, 0.2) is 36.5 Å². The Labute approximate surface area is 113 Å². The van der Waals surface area contributed by atoms with Crippen LogP contribution in [0.2, 0.25) is 0 Å². The number of aromatic amines is 1. The van der Waals surface area contributed by atoms with Crippen LogP contribution >= 0.6 is 0 Å². The van der Waals surface area contributed by atoms with Crippen molar-refractivity contribution in [1.29, 1.82) is 0 Å². The quantitative estimate of drug-likeness (QED) is 0.865. The molecule has 0 unspecified atom stereocenters. The van der Waals surface area contributed by atoms with Gasteiger partial charge < -0.3 is 10.1 Å². The molecular formula is C15H19N3O. The maximum absolute atomic E-state index is 5.58. The summed E-state index contributed by atoms with van der Waals surface area (Å²) in [6, 6.07) is 10.9. The zero-order valence-electron chi connectivity index (χ0n) is 11.1. The normalized spacial score (nSPS) is 21.9. The Bertz CT molecular complexity index is 518. The van der Waals surface area contributed by atoms with Gasteiger partial charge in [-0.2, -0.15) is 5.10 Å². The lowest BCUT2D eigenvalue weighted by atomic mass is 9.89. The van der Waals surface area contributed by atoms with Gasteiger partial charge in [0.05, 0.1) is 11.8 Å². The van der Waals surface area contributed by atoms with Crippen molar-refractivity contribution in [1.82, 2.24) is 10.2 Å². The smallest absolute Gasteiger partial charge is 0.0650 e. The molecule has 1 aliphatic carbocycles. The predicted octanol–water partition coefficient (Wildman–Crippen LogP) is 3.06. The Morgan fingerprint density at radius 3 is 3.00 bits per heavy atom. The molecule has 0 radical (unpaired) electrons. The van der Waals surface area contributed by atoms with E-state index in [0.717, 1.165) is 36.4 Å². The molecule has 0 aliphatic heterocycles. The molecule has 2 N–H and O–H groups in total. The fourth-order valence-electron chi connectivity index (χ4n) is 2.48. The highest BCUT2D eigenvalue weighted by atomic mass is 16.5. The lowest BCUT2D eigenvalue weighted by Crippen LogP contribution is -2.40. The minimum atomic E-state index is 0.443. The summed E-state index contributed by atoms with van der Waals surface area (Å²) in [5, 5.41) is 10.5. The highest BCUT2D eigenvalue weighted by molar-refractivity contribution is 5.64. The molecule has 0 spiro atoms. The molecule has 1 aliphatic rings. The molecule has 1 heterocycles. The van der Waals surface area contributed by atoms with Crippen LogP contribution in [-0.4, -0.2) is 29.0 Å². The molecule has 1 aromatic heterocycles. The van der Waals surface area contributed by atoms with Gasteiger partial charge in [0, 0.05) is 30.1 Å². The van der Waals surface area contributed by atoms with Crippen molar-refractivity contribution in [3.63, 3.8) is 0 Å². The van der Waals surface area contributed by atoms with Crippen molar-refractivity contribution in [2.24, 2.45) is 0 Å². The van der Waals surface area contributed by atoms with Crippen LogP contribution < -0.4 is 5.32 Å². The summed E-state index contributed by atoms with van der Waals surface area (Å²) in [7, 11) is 0. The monoisotopic (exact) mass is 257 g/mol. The maximum atomic E-state index is 5.58. The average Bonchev–Trinajstić information content (AvgIpc) is 2.91. The minimum Gasteiger partial charge on any atom is -0.382 e. The second-order valence-electron chi connectivity index (χ2n) is 4.94. The number of anilines is 1. The summed E-state index contributed by atoms with van der Waals surface area (Å²) >= 11 is 0. The van der Waals surface area contributed by atoms with E-state index in [1.54, 1.807) is 6.20 Å². The van der Waals surface area contributed by atoms with Crippen molar-refractivity contribution < 1.29 is 4.74 Å². The van der Waals surface area contributed by atoms with Gasteiger partial charge in [0.2, 0.25) is 0 Å². The van der Waals surface area contributed by atoms with E-state index < -0.39 is 0 Å². The van der Waals surface area contributed by atoms with Crippen molar-refractivity contribution in [2.75, 3.05) is 11.9 Å². The van der Waals surface area contributed by atoms with E-state index in [0.29, 0.717) is 12.1 Å². The second-order valence-corrected chi connectivity index (χ2v) is 4.94. The maximum Gasteiger partial charge on any atom is 0.0650 e. The highest BCUT2D eigenvalue weighted by Gasteiger charge is 2.29. The van der Waals surface area contributed by atoms with Crippen LogP contribution in [0.3, 0.4) is 0 Å². The summed E-state index contributed by atoms with van der Waals surface area (Å²) in [6.45, 7) is 2.86. The molecule has 0 bridgehead atoms. The number of ether oxygens (including phenoxy) is 1. The van der Waals surface area contributed by atoms with E-state index in [1.165, 1.54) is 0 Å². The Morgan fingerprint density at radius 2 is 2.26 bits per heavy atom. The van der Waals surface area contributed by atoms with E-state index in [1.807, 2.05) is 6.07 Å². The predicted molar refractivity (Wildman–Crippen MR) is 76.1 cm³/mol. The van der Waals surface area contributed by atoms with Crippen molar-refractivity contribution >= 4 is 5.69 Å². The molecule has 3 rings (SSSR count). The molecule has 1 saturated carbocycles. The Kier molecular flexibility index (Phi) is 3.51. The number of rotatable bonds is 5. The Morgan fingerprint density at radius 1 is 1.37 bits per heavy atom. The van der Waals surface area contributed by atoms with Crippen LogP contribution in [0.4, 0.5) is 5.69 Å². The summed E-state index contributed by atoms with van der Waals surface area (Å²) in [5.74, 6) is 0. The van der Waals surface area contributed by atoms with Gasteiger partial charge in [-0.1, -0.05) is 12.1 Å². The van der Waals surface area contributed by atoms with Crippen LogP contribution in [0.25, 0.3) is 11.3 Å². The number of benzene rings is 1. The lowest BCUT2D eigenvalue weighted by Gasteiger charge is -2.36. The van der Waals surface area contributed by atoms with Crippen LogP contribution in [0, 0.1) is 0 Å². The third-order valence-corrected chi connectivity index (χ3v) is 3.54. The topological polar surface area (TPSA) is 49.9 Å². The van der Waals surface area contributed by atoms with Gasteiger partial charge >= 0.3 is 0 Å². The second kappa shape index (κ2) is 5.45. The van der Waals surface area contributed by atoms with Gasteiger partial charge in [-0.15, -0.1) is 0 Å². The summed E-state index contributed by atoms with van der Waals surface area (Å²) < 4.78 is 5.58. The lowest BCUT2D eigenvalue weighted by molar-refractivity contribution is 0.00299. The largest absolute Gasteiger partial charge is 0.382 e. The van der Waals surface area contributed by atoms with Gasteiger partial charge in [0.15, 0.2) is 0 Å². The molecule has 4 heteroatoms. The first-order chi connectivity index (χ1) is 9.35. The summed E-state index contributed by atoms with van der Waals surface area (Å²) in [4.78, 5) is 0. The number of hydrogen-bond acceptors (Lipinski definition) is 3. The number of nitrogens with one attached hydrogen (secondary N) is 2. The highest BCUT2D eigenvalue weighted by Crippen LogP contribution is 2.28. The van der Waals surface area contributed by atoms with Crippen LogP contribution in [0.1, 0.15) is 19.8 Å². The molecule has 1 aromatic carbocycles. The SMILES string of the molecule is CCOC1CC(Nc2cccc(-c3ccn[nH]3)c2)C1. The molecule has 0 saturated heterocycles. The molecule has 4 nitrogen and oxygen atoms in total. The fraction of sp³-hybridized carbons (Fsp3) is 0.400. The number of H-pyrrole nitrogens is 1. The summed E-state index contributed by atoms with van der Waals surface area (Å²) in [5.41, 5.74) is 3.36. The van der Waals surface area contributed by atoms with Crippen molar-refractivity contribution in [2.45, 2.75) is 31.9 Å². The first-order valence-electron chi connectivity index (χ1n) is 6.83. The number of nitrogens with zero attached hydrogens (tertiary/aromatic N) is 1. The number of aromatic nitrogens is 2. The van der Waals surface area contributed by atoms with Gasteiger partial charge in [-0.05, 0) is 38.0 Å². The number of hydrogen-bond donors (Lipinski definition) is 2. The van der Waals surface area contributed by atoms with E-state index in [2.05, 4.69) is 46.7 Å². The third kappa shape index (κ3) is 2.79. The zero-order chi connectivity index (χ0) is 13.1. The van der Waals surface area contributed by atoms with Gasteiger partial charge in [-0.25, -0.2) is 0 Å². The fourth-order valence-corrected chi connectivity index (χ4v) is 2.48. The van der Waals surface area contributed by atoms with Crippen molar-refractivity contribution in [3.8, 4) is 11.3 Å². The molecular weight excluding hydrogens is 238 g/mol. The first kappa shape index (κ1) is 12.2. The molecule has 2 aromatic rings. The first-order valence-corrected chi connectivity index (χ1v) is 6.83. The van der Waals surface area contributed by atoms with Gasteiger partial charge in [0.1, 0.15) is 0 Å². The van der Waals surface area contributed by atoms with E-state index in [4.69, 9.17) is 4.74 Å². The summed E-state index contributed by atoms with van der Waals surface area (Å²) in [6.07, 6.45) is 4.41. The molecule has 100 valence electrons. The third-order valence-electron chi connectivity index (χ3n) is 3.54. The average molecular weight is 257 g/mol. The zero-order valence-corrected chi connectivity index (χ0v) is 11.1. The van der Waals surface area contributed by atoms with Gasteiger partial charge in [0.25, 0.3) is 0 Å². The van der Waals surface area contributed by atoms with Crippen LogP contribution in [0.5, 0.6) is 0 Å². The minimum absolute atomic E-state index is 0.443. The molecule has 0 amide bonds. The van der Waals surface area contributed by atoms with Crippen LogP contribution in [-0.2, 0) is 4.74 Å².